The molecule has 1 saturated heterocycles. The van der Waals surface area contributed by atoms with E-state index in [-0.39, 0.29) is 12.1 Å². The Labute approximate surface area is 211 Å². The van der Waals surface area contributed by atoms with Gasteiger partial charge >= 0.3 is 0 Å². The Hall–Kier alpha value is -3.15. The van der Waals surface area contributed by atoms with Crippen molar-refractivity contribution >= 4 is 34.6 Å². The van der Waals surface area contributed by atoms with Gasteiger partial charge in [0.15, 0.2) is 5.11 Å². The minimum atomic E-state index is -0.0967. The Balaban J connectivity index is 1.64. The molecule has 0 aliphatic carbocycles. The summed E-state index contributed by atoms with van der Waals surface area (Å²) in [5.74, 6) is 0.472. The van der Waals surface area contributed by atoms with E-state index in [4.69, 9.17) is 23.8 Å². The number of nitrogens with one attached hydrogen (secondary N) is 1. The molecule has 2 aromatic carbocycles. The molecule has 4 aromatic rings. The van der Waals surface area contributed by atoms with Gasteiger partial charge in [-0.15, -0.1) is 0 Å². The smallest absolute Gasteiger partial charge is 0.174 e. The zero-order chi connectivity index (χ0) is 23.8. The second-order valence-electron chi connectivity index (χ2n) is 8.98. The van der Waals surface area contributed by atoms with E-state index >= 15 is 0 Å². The summed E-state index contributed by atoms with van der Waals surface area (Å²) >= 11 is 12.2. The number of halogens is 1. The average Bonchev–Trinajstić information content (AvgIpc) is 3.45. The molecule has 172 valence electrons. The van der Waals surface area contributed by atoms with E-state index in [0.717, 1.165) is 33.3 Å². The number of pyridine rings is 1. The molecule has 4 nitrogen and oxygen atoms in total. The molecular weight excluding hydrogens is 460 g/mol. The second kappa shape index (κ2) is 9.24. The van der Waals surface area contributed by atoms with Crippen molar-refractivity contribution in [3.63, 3.8) is 0 Å². The van der Waals surface area contributed by atoms with Gasteiger partial charge in [0.05, 0.1) is 11.7 Å². The fourth-order valence-electron chi connectivity index (χ4n) is 4.60. The average molecular weight is 487 g/mol. The van der Waals surface area contributed by atoms with E-state index < -0.39 is 0 Å². The molecule has 1 fully saturated rings. The van der Waals surface area contributed by atoms with Gasteiger partial charge in [-0.1, -0.05) is 43.6 Å². The van der Waals surface area contributed by atoms with E-state index in [1.807, 2.05) is 31.3 Å². The van der Waals surface area contributed by atoms with Crippen molar-refractivity contribution in [2.75, 3.05) is 4.90 Å². The van der Waals surface area contributed by atoms with Crippen LogP contribution >= 0.6 is 23.8 Å². The number of benzene rings is 2. The van der Waals surface area contributed by atoms with Crippen LogP contribution in [-0.2, 0) is 0 Å². The lowest BCUT2D eigenvalue weighted by Crippen LogP contribution is -2.30. The summed E-state index contributed by atoms with van der Waals surface area (Å²) in [5, 5.41) is 5.01. The highest BCUT2D eigenvalue weighted by Gasteiger charge is 2.42. The third-order valence-corrected chi connectivity index (χ3v) is 7.18. The van der Waals surface area contributed by atoms with Crippen LogP contribution in [0.4, 0.5) is 5.69 Å². The molecule has 0 bridgehead atoms. The van der Waals surface area contributed by atoms with Crippen LogP contribution in [0.2, 0.25) is 5.02 Å². The number of rotatable bonds is 5. The molecule has 0 unspecified atom stereocenters. The molecular formula is C28H27ClN4S. The summed E-state index contributed by atoms with van der Waals surface area (Å²) in [6.45, 7) is 6.44. The van der Waals surface area contributed by atoms with E-state index in [9.17, 15) is 0 Å². The van der Waals surface area contributed by atoms with Gasteiger partial charge in [0.1, 0.15) is 6.04 Å². The Morgan fingerprint density at radius 3 is 2.41 bits per heavy atom. The quantitative estimate of drug-likeness (QED) is 0.304. The lowest BCUT2D eigenvalue weighted by atomic mass is 9.99. The highest BCUT2D eigenvalue weighted by molar-refractivity contribution is 7.80. The topological polar surface area (TPSA) is 33.1 Å². The number of hydrogen-bond acceptors (Lipinski definition) is 2. The molecule has 0 saturated carbocycles. The highest BCUT2D eigenvalue weighted by Crippen LogP contribution is 2.42. The van der Waals surface area contributed by atoms with Gasteiger partial charge in [0, 0.05) is 34.5 Å². The fourth-order valence-corrected chi connectivity index (χ4v) is 5.07. The molecule has 0 radical (unpaired) electrons. The van der Waals surface area contributed by atoms with Crippen molar-refractivity contribution in [2.45, 2.75) is 38.8 Å². The third kappa shape index (κ3) is 4.10. The zero-order valence-corrected chi connectivity index (χ0v) is 21.0. The van der Waals surface area contributed by atoms with Crippen LogP contribution < -0.4 is 10.2 Å². The van der Waals surface area contributed by atoms with Gasteiger partial charge in [0.25, 0.3) is 0 Å². The van der Waals surface area contributed by atoms with Crippen molar-refractivity contribution in [2.24, 2.45) is 0 Å². The van der Waals surface area contributed by atoms with Crippen molar-refractivity contribution in [3.8, 4) is 5.69 Å². The summed E-state index contributed by atoms with van der Waals surface area (Å²) in [7, 11) is 0. The van der Waals surface area contributed by atoms with Crippen LogP contribution in [-0.4, -0.2) is 14.7 Å². The first-order chi connectivity index (χ1) is 16.4. The summed E-state index contributed by atoms with van der Waals surface area (Å²) in [6, 6.07) is 24.9. The second-order valence-corrected chi connectivity index (χ2v) is 9.77. The highest BCUT2D eigenvalue weighted by atomic mass is 35.5. The Kier molecular flexibility index (Phi) is 6.15. The molecule has 2 atom stereocenters. The maximum atomic E-state index is 6.32. The van der Waals surface area contributed by atoms with Gasteiger partial charge in [0.2, 0.25) is 0 Å². The van der Waals surface area contributed by atoms with Crippen LogP contribution in [0.25, 0.3) is 5.69 Å². The normalized spacial score (nSPS) is 17.9. The van der Waals surface area contributed by atoms with E-state index in [2.05, 4.69) is 94.4 Å². The van der Waals surface area contributed by atoms with Crippen LogP contribution in [0.1, 0.15) is 54.4 Å². The number of aryl methyl sites for hydroxylation is 1. The summed E-state index contributed by atoms with van der Waals surface area (Å²) in [6.07, 6.45) is 3.92. The van der Waals surface area contributed by atoms with Gasteiger partial charge in [-0.3, -0.25) is 4.98 Å². The monoisotopic (exact) mass is 486 g/mol. The number of aromatic nitrogens is 2. The van der Waals surface area contributed by atoms with Crippen LogP contribution in [0.5, 0.6) is 0 Å². The number of hydrogen-bond donors (Lipinski definition) is 1. The van der Waals surface area contributed by atoms with E-state index in [0.29, 0.717) is 11.0 Å². The largest absolute Gasteiger partial charge is 0.351 e. The van der Waals surface area contributed by atoms with Gasteiger partial charge in [-0.25, -0.2) is 0 Å². The molecule has 1 aliphatic heterocycles. The van der Waals surface area contributed by atoms with Crippen molar-refractivity contribution in [1.82, 2.24) is 14.9 Å². The standard InChI is InChI=1S/C28H27ClN4S/c1-18(2)20-9-11-21(12-10-20)33-27(26(31-28(33)34)24-7-4-5-15-30-24)25-8-6-16-32(25)22-13-14-23(29)19(3)17-22/h4-18,26-27H,1-3H3,(H,31,34)/t26-,27+/m0/s1. The van der Waals surface area contributed by atoms with E-state index in [1.165, 1.54) is 5.56 Å². The Morgan fingerprint density at radius 2 is 1.74 bits per heavy atom. The van der Waals surface area contributed by atoms with Crippen molar-refractivity contribution < 1.29 is 0 Å². The number of thiocarbonyl (C=S) groups is 1. The summed E-state index contributed by atoms with van der Waals surface area (Å²) < 4.78 is 2.22. The SMILES string of the molecule is Cc1cc(-n2cccc2[C@@H]2[C@H](c3ccccn3)NC(=S)N2c2ccc(C(C)C)cc2)ccc1Cl. The first-order valence-corrected chi connectivity index (χ1v) is 12.3. The molecule has 3 heterocycles. The van der Waals surface area contributed by atoms with Crippen LogP contribution in [0.3, 0.4) is 0 Å². The lowest BCUT2D eigenvalue weighted by molar-refractivity contribution is 0.549. The predicted molar refractivity (Wildman–Crippen MR) is 144 cm³/mol. The Morgan fingerprint density at radius 1 is 0.971 bits per heavy atom. The molecule has 0 spiro atoms. The van der Waals surface area contributed by atoms with Gasteiger partial charge < -0.3 is 14.8 Å². The lowest BCUT2D eigenvalue weighted by Gasteiger charge is -2.29. The minimum absolute atomic E-state index is 0.0849. The number of nitrogens with zero attached hydrogens (tertiary/aromatic N) is 3. The zero-order valence-electron chi connectivity index (χ0n) is 19.4. The first-order valence-electron chi connectivity index (χ1n) is 11.5. The summed E-state index contributed by atoms with van der Waals surface area (Å²) in [5.41, 5.74) is 6.55. The maximum absolute atomic E-state index is 6.32. The van der Waals surface area contributed by atoms with E-state index in [1.54, 1.807) is 0 Å². The Bertz CT molecular complexity index is 1310. The van der Waals surface area contributed by atoms with Crippen molar-refractivity contribution in [3.05, 3.63) is 113 Å². The maximum Gasteiger partial charge on any atom is 0.174 e. The van der Waals surface area contributed by atoms with Crippen molar-refractivity contribution in [1.29, 1.82) is 0 Å². The fraction of sp³-hybridized carbons (Fsp3) is 0.214. The predicted octanol–water partition coefficient (Wildman–Crippen LogP) is 7.13. The van der Waals surface area contributed by atoms with Crippen LogP contribution in [0, 0.1) is 6.92 Å². The third-order valence-electron chi connectivity index (χ3n) is 6.44. The molecule has 0 amide bonds. The first kappa shape index (κ1) is 22.6. The molecule has 1 aliphatic rings. The summed E-state index contributed by atoms with van der Waals surface area (Å²) in [4.78, 5) is 6.89. The molecule has 6 heteroatoms. The molecule has 2 aromatic heterocycles. The molecule has 5 rings (SSSR count). The van der Waals surface area contributed by atoms with Crippen LogP contribution in [0.15, 0.2) is 85.2 Å². The molecule has 1 N–H and O–H groups in total. The number of anilines is 1. The minimum Gasteiger partial charge on any atom is -0.351 e. The van der Waals surface area contributed by atoms with Gasteiger partial charge in [-0.2, -0.15) is 0 Å². The van der Waals surface area contributed by atoms with Gasteiger partial charge in [-0.05, 0) is 90.8 Å². The molecule has 34 heavy (non-hydrogen) atoms.